The van der Waals surface area contributed by atoms with E-state index < -0.39 is 12.0 Å². The van der Waals surface area contributed by atoms with Gasteiger partial charge in [0.1, 0.15) is 11.5 Å². The maximum absolute atomic E-state index is 13.9. The van der Waals surface area contributed by atoms with Crippen LogP contribution in [0.4, 0.5) is 4.39 Å². The summed E-state index contributed by atoms with van der Waals surface area (Å²) >= 11 is 0. The second-order valence-electron chi connectivity index (χ2n) is 9.74. The number of methoxy groups -OCH3 is 1. The van der Waals surface area contributed by atoms with Gasteiger partial charge in [0.05, 0.1) is 13.2 Å². The van der Waals surface area contributed by atoms with Crippen molar-refractivity contribution in [1.29, 1.82) is 0 Å². The predicted molar refractivity (Wildman–Crippen MR) is 146 cm³/mol. The first-order chi connectivity index (χ1) is 18.1. The van der Waals surface area contributed by atoms with Crippen molar-refractivity contribution in [2.75, 3.05) is 7.11 Å². The quantitative estimate of drug-likeness (QED) is 0.171. The molecule has 6 nitrogen and oxygen atoms in total. The monoisotopic (exact) mass is 520 g/mol. The van der Waals surface area contributed by atoms with Crippen molar-refractivity contribution in [3.8, 4) is 0 Å². The fourth-order valence-corrected chi connectivity index (χ4v) is 4.81. The number of ether oxygens (including phenoxy) is 1. The van der Waals surface area contributed by atoms with Crippen LogP contribution in [0.3, 0.4) is 0 Å². The van der Waals surface area contributed by atoms with Crippen molar-refractivity contribution in [3.63, 3.8) is 0 Å². The number of aryl methyl sites for hydroxylation is 1. The first-order valence-electron chi connectivity index (χ1n) is 13.0. The Hall–Kier alpha value is -3.74. The number of Topliss-reactive ketones (excluding diaryl/α,β-unsaturated/α-hetero) is 1. The van der Waals surface area contributed by atoms with Gasteiger partial charge in [0.2, 0.25) is 0 Å². The van der Waals surface area contributed by atoms with Gasteiger partial charge in [-0.25, -0.2) is 9.18 Å². The van der Waals surface area contributed by atoms with Crippen LogP contribution in [0, 0.1) is 19.7 Å². The van der Waals surface area contributed by atoms with Gasteiger partial charge >= 0.3 is 5.97 Å². The summed E-state index contributed by atoms with van der Waals surface area (Å²) in [6.07, 6.45) is 4.34. The van der Waals surface area contributed by atoms with Gasteiger partial charge in [0, 0.05) is 30.4 Å². The first kappa shape index (κ1) is 28.8. The van der Waals surface area contributed by atoms with Gasteiger partial charge in [-0.05, 0) is 74.6 Å². The number of nitrogens with zero attached hydrogens (tertiary/aromatic N) is 2. The molecule has 0 aliphatic heterocycles. The molecule has 0 N–H and O–H groups in total. The normalized spacial score (nSPS) is 11.8. The molecular weight excluding hydrogens is 483 g/mol. The molecule has 0 aliphatic rings. The van der Waals surface area contributed by atoms with Gasteiger partial charge in [-0.2, -0.15) is 0 Å². The lowest BCUT2D eigenvalue weighted by Crippen LogP contribution is -2.43. The zero-order valence-electron chi connectivity index (χ0n) is 23.1. The van der Waals surface area contributed by atoms with E-state index in [0.29, 0.717) is 33.6 Å². The van der Waals surface area contributed by atoms with E-state index in [1.807, 2.05) is 12.1 Å². The van der Waals surface area contributed by atoms with E-state index in [-0.39, 0.29) is 24.1 Å². The third kappa shape index (κ3) is 6.21. The minimum absolute atomic E-state index is 0.124. The molecule has 0 radical (unpaired) electrons. The molecule has 38 heavy (non-hydrogen) atoms. The Labute approximate surface area is 224 Å². The van der Waals surface area contributed by atoms with Crippen molar-refractivity contribution in [2.45, 2.75) is 66.0 Å². The molecule has 0 spiro atoms. The molecule has 1 atom stereocenters. The van der Waals surface area contributed by atoms with Crippen molar-refractivity contribution < 1.29 is 23.5 Å². The van der Waals surface area contributed by atoms with Crippen molar-refractivity contribution in [2.24, 2.45) is 7.05 Å². The average molecular weight is 521 g/mol. The Kier molecular flexibility index (Phi) is 9.61. The lowest BCUT2D eigenvalue weighted by Gasteiger charge is -2.29. The maximum Gasteiger partial charge on any atom is 0.354 e. The average Bonchev–Trinajstić information content (AvgIpc) is 3.14. The number of benzene rings is 2. The van der Waals surface area contributed by atoms with Crippen LogP contribution >= 0.6 is 0 Å². The summed E-state index contributed by atoms with van der Waals surface area (Å²) in [6.45, 7) is 7.45. The summed E-state index contributed by atoms with van der Waals surface area (Å²) in [5.41, 5.74) is 4.16. The molecule has 0 fully saturated rings. The summed E-state index contributed by atoms with van der Waals surface area (Å²) < 4.78 is 20.1. The number of carbonyl (C=O) groups is 3. The fraction of sp³-hybridized carbons (Fsp3) is 0.387. The molecule has 0 saturated carbocycles. The van der Waals surface area contributed by atoms with Crippen LogP contribution < -0.4 is 0 Å². The minimum Gasteiger partial charge on any atom is -0.464 e. The molecule has 1 aromatic heterocycles. The highest BCUT2D eigenvalue weighted by Crippen LogP contribution is 2.26. The number of hydrogen-bond donors (Lipinski definition) is 0. The van der Waals surface area contributed by atoms with Crippen molar-refractivity contribution in [3.05, 3.63) is 93.6 Å². The van der Waals surface area contributed by atoms with E-state index in [4.69, 9.17) is 4.74 Å². The Morgan fingerprint density at radius 3 is 2.16 bits per heavy atom. The molecule has 3 aromatic rings. The molecule has 202 valence electrons. The predicted octanol–water partition coefficient (Wildman–Crippen LogP) is 6.21. The summed E-state index contributed by atoms with van der Waals surface area (Å²) in [7, 11) is 3.01. The zero-order chi connectivity index (χ0) is 28.0. The zero-order valence-corrected chi connectivity index (χ0v) is 23.1. The van der Waals surface area contributed by atoms with E-state index in [2.05, 4.69) is 6.92 Å². The van der Waals surface area contributed by atoms with E-state index in [1.54, 1.807) is 56.7 Å². The lowest BCUT2D eigenvalue weighted by molar-refractivity contribution is 0.0587. The Balaban J connectivity index is 1.97. The molecule has 1 unspecified atom stereocenters. The molecule has 0 bridgehead atoms. The van der Waals surface area contributed by atoms with Crippen LogP contribution in [-0.2, 0) is 24.8 Å². The number of hydrogen-bond acceptors (Lipinski definition) is 4. The smallest absolute Gasteiger partial charge is 0.354 e. The van der Waals surface area contributed by atoms with Crippen LogP contribution in [0.25, 0.3) is 0 Å². The number of ketones is 1. The molecular formula is C31H37FN2O4. The van der Waals surface area contributed by atoms with Crippen molar-refractivity contribution >= 4 is 17.7 Å². The standard InChI is InChI=1S/C31H37FN2O4/c1-7-8-9-10-23-11-15-25(16-12-23)30(36)34(19-24-13-17-26(32)18-14-24)22(4)29(35)27-20(2)28(31(37)38-6)33(5)21(27)3/h11-18,22H,7-10,19H2,1-6H3. The lowest BCUT2D eigenvalue weighted by atomic mass is 9.98. The second kappa shape index (κ2) is 12.7. The largest absolute Gasteiger partial charge is 0.464 e. The third-order valence-corrected chi connectivity index (χ3v) is 7.20. The Morgan fingerprint density at radius 2 is 1.58 bits per heavy atom. The number of halogens is 1. The molecule has 3 rings (SSSR count). The molecule has 2 aromatic carbocycles. The third-order valence-electron chi connectivity index (χ3n) is 7.20. The number of esters is 1. The maximum atomic E-state index is 13.9. The molecule has 7 heteroatoms. The van der Waals surface area contributed by atoms with E-state index in [9.17, 15) is 18.8 Å². The second-order valence-corrected chi connectivity index (χ2v) is 9.74. The van der Waals surface area contributed by atoms with Crippen LogP contribution in [0.15, 0.2) is 48.5 Å². The topological polar surface area (TPSA) is 68.6 Å². The summed E-state index contributed by atoms with van der Waals surface area (Å²) in [5, 5.41) is 0. The number of amides is 1. The Morgan fingerprint density at radius 1 is 0.974 bits per heavy atom. The van der Waals surface area contributed by atoms with Gasteiger partial charge in [0.15, 0.2) is 5.78 Å². The minimum atomic E-state index is -0.845. The number of carbonyl (C=O) groups excluding carboxylic acids is 3. The number of rotatable bonds is 11. The highest BCUT2D eigenvalue weighted by molar-refractivity contribution is 6.07. The van der Waals surface area contributed by atoms with Gasteiger partial charge in [0.25, 0.3) is 5.91 Å². The SMILES string of the molecule is CCCCCc1ccc(C(=O)N(Cc2ccc(F)cc2)C(C)C(=O)c2c(C)c(C(=O)OC)n(C)c2C)cc1. The van der Waals surface area contributed by atoms with Crippen molar-refractivity contribution in [1.82, 2.24) is 9.47 Å². The van der Waals surface area contributed by atoms with Gasteiger partial charge in [-0.3, -0.25) is 9.59 Å². The molecule has 1 amide bonds. The van der Waals surface area contributed by atoms with Crippen LogP contribution in [0.5, 0.6) is 0 Å². The van der Waals surface area contributed by atoms with E-state index >= 15 is 0 Å². The number of aromatic nitrogens is 1. The van der Waals surface area contributed by atoms with Crippen LogP contribution in [-0.4, -0.2) is 40.3 Å². The fourth-order valence-electron chi connectivity index (χ4n) is 4.81. The van der Waals surface area contributed by atoms with Gasteiger partial charge < -0.3 is 14.2 Å². The van der Waals surface area contributed by atoms with E-state index in [1.165, 1.54) is 24.1 Å². The first-order valence-corrected chi connectivity index (χ1v) is 13.0. The summed E-state index contributed by atoms with van der Waals surface area (Å²) in [4.78, 5) is 41.5. The number of unbranched alkanes of at least 4 members (excludes halogenated alkanes) is 2. The molecule has 0 saturated heterocycles. The highest BCUT2D eigenvalue weighted by atomic mass is 19.1. The van der Waals surface area contributed by atoms with Crippen LogP contribution in [0.1, 0.15) is 86.7 Å². The van der Waals surface area contributed by atoms with Gasteiger partial charge in [-0.1, -0.05) is 44.0 Å². The molecule has 1 heterocycles. The summed E-state index contributed by atoms with van der Waals surface area (Å²) in [5.74, 6) is -1.48. The van der Waals surface area contributed by atoms with Gasteiger partial charge in [-0.15, -0.1) is 0 Å². The Bertz CT molecular complexity index is 1290. The molecule has 0 aliphatic carbocycles. The summed E-state index contributed by atoms with van der Waals surface area (Å²) in [6, 6.07) is 12.6. The highest BCUT2D eigenvalue weighted by Gasteiger charge is 2.33. The van der Waals surface area contributed by atoms with E-state index in [0.717, 1.165) is 31.2 Å². The van der Waals surface area contributed by atoms with Crippen LogP contribution in [0.2, 0.25) is 0 Å².